The fraction of sp³-hybridized carbons (Fsp3) is 0.900. The first-order chi connectivity index (χ1) is 6.78. The van der Waals surface area contributed by atoms with E-state index in [1.807, 2.05) is 0 Å². The van der Waals surface area contributed by atoms with E-state index in [4.69, 9.17) is 4.74 Å². The Morgan fingerprint density at radius 1 is 1.43 bits per heavy atom. The third-order valence-electron chi connectivity index (χ3n) is 3.94. The Bertz CT molecular complexity index is 261. The van der Waals surface area contributed by atoms with Gasteiger partial charge in [0.15, 0.2) is 0 Å². The molecule has 0 radical (unpaired) electrons. The summed E-state index contributed by atoms with van der Waals surface area (Å²) < 4.78 is 5.56. The molecule has 4 nitrogen and oxygen atoms in total. The van der Waals surface area contributed by atoms with Crippen LogP contribution in [0.1, 0.15) is 19.3 Å². The summed E-state index contributed by atoms with van der Waals surface area (Å²) in [6.07, 6.45) is 3.17. The SMILES string of the molecule is O=C1NCCC2(CN3CCC2CC3)O1. The van der Waals surface area contributed by atoms with Crippen molar-refractivity contribution >= 4 is 6.09 Å². The van der Waals surface area contributed by atoms with Crippen LogP contribution in [0.2, 0.25) is 0 Å². The summed E-state index contributed by atoms with van der Waals surface area (Å²) in [5, 5.41) is 2.73. The van der Waals surface area contributed by atoms with Crippen LogP contribution >= 0.6 is 0 Å². The van der Waals surface area contributed by atoms with Gasteiger partial charge in [-0.15, -0.1) is 0 Å². The van der Waals surface area contributed by atoms with Gasteiger partial charge in [-0.25, -0.2) is 4.79 Å². The number of piperidine rings is 3. The Labute approximate surface area is 83.6 Å². The molecule has 2 bridgehead atoms. The van der Waals surface area contributed by atoms with Crippen LogP contribution in [-0.4, -0.2) is 42.8 Å². The zero-order valence-electron chi connectivity index (χ0n) is 8.29. The highest BCUT2D eigenvalue weighted by Gasteiger charge is 2.50. The second-order valence-corrected chi connectivity index (χ2v) is 4.68. The molecule has 4 fully saturated rings. The molecule has 1 spiro atoms. The molecule has 1 amide bonds. The molecule has 4 aliphatic rings. The highest BCUT2D eigenvalue weighted by atomic mass is 16.6. The average Bonchev–Trinajstić information content (AvgIpc) is 2.18. The molecule has 0 aromatic carbocycles. The van der Waals surface area contributed by atoms with Crippen molar-refractivity contribution in [3.63, 3.8) is 0 Å². The molecule has 4 rings (SSSR count). The Balaban J connectivity index is 1.84. The van der Waals surface area contributed by atoms with Crippen LogP contribution in [0.25, 0.3) is 0 Å². The van der Waals surface area contributed by atoms with Crippen LogP contribution in [-0.2, 0) is 4.74 Å². The summed E-state index contributed by atoms with van der Waals surface area (Å²) in [5.74, 6) is 0.610. The van der Waals surface area contributed by atoms with Gasteiger partial charge >= 0.3 is 6.09 Å². The number of hydrogen-bond donors (Lipinski definition) is 1. The largest absolute Gasteiger partial charge is 0.441 e. The van der Waals surface area contributed by atoms with Crippen molar-refractivity contribution in [3.8, 4) is 0 Å². The first-order valence-corrected chi connectivity index (χ1v) is 5.48. The minimum absolute atomic E-state index is 0.140. The van der Waals surface area contributed by atoms with E-state index in [1.54, 1.807) is 0 Å². The van der Waals surface area contributed by atoms with E-state index in [-0.39, 0.29) is 11.7 Å². The average molecular weight is 196 g/mol. The van der Waals surface area contributed by atoms with E-state index in [2.05, 4.69) is 10.2 Å². The van der Waals surface area contributed by atoms with Crippen molar-refractivity contribution in [1.29, 1.82) is 0 Å². The van der Waals surface area contributed by atoms with Gasteiger partial charge in [-0.1, -0.05) is 0 Å². The minimum atomic E-state index is -0.218. The number of carbonyl (C=O) groups is 1. The highest BCUT2D eigenvalue weighted by molar-refractivity contribution is 5.68. The van der Waals surface area contributed by atoms with Crippen molar-refractivity contribution in [2.75, 3.05) is 26.2 Å². The molecule has 4 heteroatoms. The molecular weight excluding hydrogens is 180 g/mol. The molecule has 1 unspecified atom stereocenters. The van der Waals surface area contributed by atoms with E-state index in [1.165, 1.54) is 25.9 Å². The van der Waals surface area contributed by atoms with Gasteiger partial charge in [0.2, 0.25) is 0 Å². The van der Waals surface area contributed by atoms with E-state index in [9.17, 15) is 4.79 Å². The maximum Gasteiger partial charge on any atom is 0.407 e. The summed E-state index contributed by atoms with van der Waals surface area (Å²) in [7, 11) is 0. The van der Waals surface area contributed by atoms with Crippen LogP contribution in [0.4, 0.5) is 4.79 Å². The predicted octanol–water partition coefficient (Wildman–Crippen LogP) is 0.581. The summed E-state index contributed by atoms with van der Waals surface area (Å²) >= 11 is 0. The van der Waals surface area contributed by atoms with Crippen LogP contribution < -0.4 is 5.32 Å². The quantitative estimate of drug-likeness (QED) is 0.616. The Kier molecular flexibility index (Phi) is 1.74. The lowest BCUT2D eigenvalue weighted by atomic mass is 9.73. The molecule has 0 aromatic heterocycles. The first-order valence-electron chi connectivity index (χ1n) is 5.48. The number of amides is 1. The van der Waals surface area contributed by atoms with Gasteiger partial charge in [0.25, 0.3) is 0 Å². The minimum Gasteiger partial charge on any atom is -0.441 e. The van der Waals surface area contributed by atoms with E-state index >= 15 is 0 Å². The monoisotopic (exact) mass is 196 g/mol. The molecule has 1 atom stereocenters. The number of alkyl carbamates (subject to hydrolysis) is 1. The van der Waals surface area contributed by atoms with Gasteiger partial charge < -0.3 is 10.1 Å². The van der Waals surface area contributed by atoms with Crippen molar-refractivity contribution in [2.45, 2.75) is 24.9 Å². The number of nitrogens with zero attached hydrogens (tertiary/aromatic N) is 1. The third kappa shape index (κ3) is 1.13. The lowest BCUT2D eigenvalue weighted by Gasteiger charge is -2.53. The molecule has 14 heavy (non-hydrogen) atoms. The van der Waals surface area contributed by atoms with Crippen LogP contribution in [0.5, 0.6) is 0 Å². The predicted molar refractivity (Wildman–Crippen MR) is 51.0 cm³/mol. The summed E-state index contributed by atoms with van der Waals surface area (Å²) in [6.45, 7) is 4.13. The zero-order valence-corrected chi connectivity index (χ0v) is 8.29. The van der Waals surface area contributed by atoms with E-state index < -0.39 is 0 Å². The highest BCUT2D eigenvalue weighted by Crippen LogP contribution is 2.41. The van der Waals surface area contributed by atoms with Gasteiger partial charge in [0, 0.05) is 25.4 Å². The maximum atomic E-state index is 11.3. The molecule has 4 aliphatic heterocycles. The van der Waals surface area contributed by atoms with Crippen LogP contribution in [0.15, 0.2) is 0 Å². The van der Waals surface area contributed by atoms with Gasteiger partial charge in [0.05, 0.1) is 0 Å². The fourth-order valence-corrected chi connectivity index (χ4v) is 3.17. The van der Waals surface area contributed by atoms with Crippen molar-refractivity contribution in [3.05, 3.63) is 0 Å². The second kappa shape index (κ2) is 2.86. The second-order valence-electron chi connectivity index (χ2n) is 4.68. The topological polar surface area (TPSA) is 41.6 Å². The van der Waals surface area contributed by atoms with Gasteiger partial charge in [-0.2, -0.15) is 0 Å². The Morgan fingerprint density at radius 2 is 2.21 bits per heavy atom. The summed E-state index contributed by atoms with van der Waals surface area (Å²) in [4.78, 5) is 13.7. The number of nitrogens with one attached hydrogen (secondary N) is 1. The summed E-state index contributed by atoms with van der Waals surface area (Å²) in [5.41, 5.74) is -0.140. The maximum absolute atomic E-state index is 11.3. The van der Waals surface area contributed by atoms with Gasteiger partial charge in [-0.3, -0.25) is 4.90 Å². The number of fused-ring (bicyclic) bond motifs is 2. The number of hydrogen-bond acceptors (Lipinski definition) is 3. The zero-order chi connectivity index (χ0) is 9.60. The van der Waals surface area contributed by atoms with E-state index in [0.29, 0.717) is 5.92 Å². The molecule has 1 N–H and O–H groups in total. The lowest BCUT2D eigenvalue weighted by molar-refractivity contribution is -0.128. The Hall–Kier alpha value is -0.770. The fourth-order valence-electron chi connectivity index (χ4n) is 3.17. The van der Waals surface area contributed by atoms with Gasteiger partial charge in [-0.05, 0) is 25.9 Å². The van der Waals surface area contributed by atoms with Crippen LogP contribution in [0, 0.1) is 5.92 Å². The van der Waals surface area contributed by atoms with Crippen LogP contribution in [0.3, 0.4) is 0 Å². The summed E-state index contributed by atoms with van der Waals surface area (Å²) in [6, 6.07) is 0. The normalized spacial score (nSPS) is 46.1. The molecule has 0 aromatic rings. The molecule has 4 saturated heterocycles. The van der Waals surface area contributed by atoms with E-state index in [0.717, 1.165) is 19.5 Å². The Morgan fingerprint density at radius 3 is 2.79 bits per heavy atom. The number of rotatable bonds is 0. The van der Waals surface area contributed by atoms with Crippen molar-refractivity contribution in [1.82, 2.24) is 10.2 Å². The molecule has 0 saturated carbocycles. The standard InChI is InChI=1S/C10H16N2O2/c13-9-11-4-3-10(14-9)7-12-5-1-8(10)2-6-12/h8H,1-7H2,(H,11,13). The number of ether oxygens (including phenoxy) is 1. The van der Waals surface area contributed by atoms with Gasteiger partial charge in [0.1, 0.15) is 5.60 Å². The molecular formula is C10H16N2O2. The lowest BCUT2D eigenvalue weighted by Crippen LogP contribution is -2.64. The smallest absolute Gasteiger partial charge is 0.407 e. The molecule has 78 valence electrons. The van der Waals surface area contributed by atoms with Crippen molar-refractivity contribution < 1.29 is 9.53 Å². The third-order valence-corrected chi connectivity index (χ3v) is 3.94. The molecule has 0 aliphatic carbocycles. The first kappa shape index (κ1) is 8.53. The molecule has 4 heterocycles. The van der Waals surface area contributed by atoms with Crippen molar-refractivity contribution in [2.24, 2.45) is 5.92 Å². The number of carbonyl (C=O) groups excluding carboxylic acids is 1.